The highest BCUT2D eigenvalue weighted by molar-refractivity contribution is 5.96. The Kier molecular flexibility index (Phi) is 7.31. The molecule has 1 aromatic carbocycles. The van der Waals surface area contributed by atoms with E-state index in [1.54, 1.807) is 24.1 Å². The van der Waals surface area contributed by atoms with Gasteiger partial charge in [0.2, 0.25) is 0 Å². The quantitative estimate of drug-likeness (QED) is 0.659. The van der Waals surface area contributed by atoms with Gasteiger partial charge in [0.15, 0.2) is 0 Å². The Labute approximate surface area is 172 Å². The van der Waals surface area contributed by atoms with E-state index < -0.39 is 5.63 Å². The smallest absolute Gasteiger partial charge is 0.349 e. The monoisotopic (exact) mass is 400 g/mol. The summed E-state index contributed by atoms with van der Waals surface area (Å²) in [4.78, 5) is 29.3. The van der Waals surface area contributed by atoms with E-state index >= 15 is 0 Å². The fourth-order valence-corrected chi connectivity index (χ4v) is 3.78. The van der Waals surface area contributed by atoms with E-state index in [1.165, 1.54) is 25.7 Å². The molecule has 1 amide bonds. The van der Waals surface area contributed by atoms with Crippen LogP contribution in [-0.2, 0) is 0 Å². The van der Waals surface area contributed by atoms with E-state index in [-0.39, 0.29) is 17.6 Å². The van der Waals surface area contributed by atoms with Crippen molar-refractivity contribution in [1.29, 1.82) is 0 Å². The first kappa shape index (κ1) is 21.4. The summed E-state index contributed by atoms with van der Waals surface area (Å²) in [5.74, 6) is 0.347. The SMILES string of the molecule is CC(C)Oc1ccc2cc(C(=O)N(C)CCCN3CCCCCC3)c(=O)oc2c1. The van der Waals surface area contributed by atoms with Crippen molar-refractivity contribution in [2.75, 3.05) is 33.2 Å². The van der Waals surface area contributed by atoms with Gasteiger partial charge in [0.05, 0.1) is 6.10 Å². The van der Waals surface area contributed by atoms with Crippen LogP contribution in [0.4, 0.5) is 0 Å². The summed E-state index contributed by atoms with van der Waals surface area (Å²) in [5.41, 5.74) is -0.107. The fraction of sp³-hybridized carbons (Fsp3) is 0.565. The molecule has 1 aliphatic heterocycles. The van der Waals surface area contributed by atoms with Crippen LogP contribution in [0.3, 0.4) is 0 Å². The summed E-state index contributed by atoms with van der Waals surface area (Å²) in [6.07, 6.45) is 6.09. The summed E-state index contributed by atoms with van der Waals surface area (Å²) < 4.78 is 11.0. The van der Waals surface area contributed by atoms with Gasteiger partial charge in [-0.25, -0.2) is 4.79 Å². The molecular weight excluding hydrogens is 368 g/mol. The van der Waals surface area contributed by atoms with Gasteiger partial charge >= 0.3 is 5.63 Å². The van der Waals surface area contributed by atoms with Gasteiger partial charge < -0.3 is 19.0 Å². The van der Waals surface area contributed by atoms with Crippen LogP contribution in [0.15, 0.2) is 33.5 Å². The van der Waals surface area contributed by atoms with Crippen molar-refractivity contribution in [2.24, 2.45) is 0 Å². The van der Waals surface area contributed by atoms with Crippen LogP contribution < -0.4 is 10.4 Å². The van der Waals surface area contributed by atoms with E-state index in [4.69, 9.17) is 9.15 Å². The highest BCUT2D eigenvalue weighted by atomic mass is 16.5. The lowest BCUT2D eigenvalue weighted by Crippen LogP contribution is -2.34. The minimum absolute atomic E-state index is 0.0305. The summed E-state index contributed by atoms with van der Waals surface area (Å²) in [6.45, 7) is 7.77. The van der Waals surface area contributed by atoms with Gasteiger partial charge in [-0.1, -0.05) is 12.8 Å². The lowest BCUT2D eigenvalue weighted by Gasteiger charge is -2.22. The number of fused-ring (bicyclic) bond motifs is 1. The molecule has 0 unspecified atom stereocenters. The molecule has 6 heteroatoms. The Balaban J connectivity index is 1.64. The molecule has 29 heavy (non-hydrogen) atoms. The van der Waals surface area contributed by atoms with Gasteiger partial charge in [0.1, 0.15) is 16.9 Å². The number of nitrogens with zero attached hydrogens (tertiary/aromatic N) is 2. The summed E-state index contributed by atoms with van der Waals surface area (Å²) in [7, 11) is 1.74. The topological polar surface area (TPSA) is 63.0 Å². The Bertz CT molecular complexity index is 882. The second-order valence-electron chi connectivity index (χ2n) is 8.15. The van der Waals surface area contributed by atoms with Crippen LogP contribution >= 0.6 is 0 Å². The minimum Gasteiger partial charge on any atom is -0.491 e. The van der Waals surface area contributed by atoms with Crippen molar-refractivity contribution in [2.45, 2.75) is 52.1 Å². The first-order valence-corrected chi connectivity index (χ1v) is 10.7. The van der Waals surface area contributed by atoms with Crippen LogP contribution in [0.2, 0.25) is 0 Å². The minimum atomic E-state index is -0.608. The molecular formula is C23H32N2O4. The molecule has 0 spiro atoms. The van der Waals surface area contributed by atoms with E-state index in [2.05, 4.69) is 4.90 Å². The molecule has 2 aromatic rings. The van der Waals surface area contributed by atoms with Crippen LogP contribution in [0.25, 0.3) is 11.0 Å². The van der Waals surface area contributed by atoms with Gasteiger partial charge in [-0.15, -0.1) is 0 Å². The van der Waals surface area contributed by atoms with Crippen molar-refractivity contribution in [3.05, 3.63) is 40.2 Å². The number of hydrogen-bond acceptors (Lipinski definition) is 5. The first-order chi connectivity index (χ1) is 13.9. The highest BCUT2D eigenvalue weighted by Gasteiger charge is 2.18. The van der Waals surface area contributed by atoms with Crippen LogP contribution in [0, 0.1) is 0 Å². The van der Waals surface area contributed by atoms with Crippen molar-refractivity contribution < 1.29 is 13.9 Å². The summed E-state index contributed by atoms with van der Waals surface area (Å²) in [6, 6.07) is 6.94. The molecule has 1 fully saturated rings. The zero-order valence-corrected chi connectivity index (χ0v) is 17.8. The number of carbonyl (C=O) groups is 1. The Hall–Kier alpha value is -2.34. The molecule has 1 saturated heterocycles. The zero-order chi connectivity index (χ0) is 20.8. The molecule has 1 aliphatic rings. The molecule has 0 bridgehead atoms. The lowest BCUT2D eigenvalue weighted by molar-refractivity contribution is 0.0784. The number of likely N-dealkylation sites (tertiary alicyclic amines) is 1. The number of rotatable bonds is 7. The third-order valence-electron chi connectivity index (χ3n) is 5.32. The Morgan fingerprint density at radius 1 is 1.17 bits per heavy atom. The van der Waals surface area contributed by atoms with Crippen molar-refractivity contribution in [3.63, 3.8) is 0 Å². The molecule has 2 heterocycles. The molecule has 0 saturated carbocycles. The maximum atomic E-state index is 12.8. The summed E-state index contributed by atoms with van der Waals surface area (Å²) >= 11 is 0. The largest absolute Gasteiger partial charge is 0.491 e. The molecule has 0 N–H and O–H groups in total. The molecule has 6 nitrogen and oxygen atoms in total. The van der Waals surface area contributed by atoms with Crippen LogP contribution in [0.5, 0.6) is 5.75 Å². The lowest BCUT2D eigenvalue weighted by atomic mass is 10.1. The molecule has 3 rings (SSSR count). The maximum absolute atomic E-state index is 12.8. The van der Waals surface area contributed by atoms with Crippen LogP contribution in [0.1, 0.15) is 56.3 Å². The second-order valence-corrected chi connectivity index (χ2v) is 8.15. The van der Waals surface area contributed by atoms with E-state index in [1.807, 2.05) is 26.0 Å². The maximum Gasteiger partial charge on any atom is 0.349 e. The molecule has 158 valence electrons. The van der Waals surface area contributed by atoms with Gasteiger partial charge in [0.25, 0.3) is 5.91 Å². The predicted molar refractivity (Wildman–Crippen MR) is 115 cm³/mol. The number of hydrogen-bond donors (Lipinski definition) is 0. The molecule has 0 atom stereocenters. The number of carbonyl (C=O) groups excluding carboxylic acids is 1. The average Bonchev–Trinajstić information content (AvgIpc) is 2.95. The highest BCUT2D eigenvalue weighted by Crippen LogP contribution is 2.22. The second kappa shape index (κ2) is 9.92. The van der Waals surface area contributed by atoms with E-state index in [9.17, 15) is 9.59 Å². The number of amides is 1. The third-order valence-corrected chi connectivity index (χ3v) is 5.32. The van der Waals surface area contributed by atoms with E-state index in [0.29, 0.717) is 23.3 Å². The molecule has 0 radical (unpaired) electrons. The van der Waals surface area contributed by atoms with Crippen molar-refractivity contribution >= 4 is 16.9 Å². The van der Waals surface area contributed by atoms with Crippen molar-refractivity contribution in [1.82, 2.24) is 9.80 Å². The number of ether oxygens (including phenoxy) is 1. The molecule has 1 aromatic heterocycles. The first-order valence-electron chi connectivity index (χ1n) is 10.7. The predicted octanol–water partition coefficient (Wildman–Crippen LogP) is 3.92. The average molecular weight is 401 g/mol. The Morgan fingerprint density at radius 3 is 2.59 bits per heavy atom. The Morgan fingerprint density at radius 2 is 1.90 bits per heavy atom. The zero-order valence-electron chi connectivity index (χ0n) is 17.8. The fourth-order valence-electron chi connectivity index (χ4n) is 3.78. The number of benzene rings is 1. The standard InChI is InChI=1S/C23H32N2O4/c1-17(2)28-19-10-9-18-15-20(23(27)29-21(18)16-19)22(26)24(3)11-8-14-25-12-6-4-5-7-13-25/h9-10,15-17H,4-8,11-14H2,1-3H3. The third kappa shape index (κ3) is 5.82. The van der Waals surface area contributed by atoms with Crippen molar-refractivity contribution in [3.8, 4) is 5.75 Å². The van der Waals surface area contributed by atoms with Gasteiger partial charge in [-0.05, 0) is 70.9 Å². The van der Waals surface area contributed by atoms with Gasteiger partial charge in [-0.3, -0.25) is 4.79 Å². The molecule has 0 aliphatic carbocycles. The van der Waals surface area contributed by atoms with Gasteiger partial charge in [-0.2, -0.15) is 0 Å². The van der Waals surface area contributed by atoms with Crippen LogP contribution in [-0.4, -0.2) is 55.0 Å². The van der Waals surface area contributed by atoms with Gasteiger partial charge in [0, 0.05) is 25.0 Å². The normalized spacial score (nSPS) is 15.4. The van der Waals surface area contributed by atoms with E-state index in [0.717, 1.165) is 26.1 Å². The summed E-state index contributed by atoms with van der Waals surface area (Å²) in [5, 5.41) is 0.710.